The molecule has 0 rings (SSSR count). The van der Waals surface area contributed by atoms with Crippen molar-refractivity contribution in [3.8, 4) is 0 Å². The van der Waals surface area contributed by atoms with Gasteiger partial charge in [-0.15, -0.1) is 0 Å². The summed E-state index contributed by atoms with van der Waals surface area (Å²) in [6.45, 7) is 9.88. The van der Waals surface area contributed by atoms with Crippen molar-refractivity contribution in [3.63, 3.8) is 0 Å². The van der Waals surface area contributed by atoms with Crippen LogP contribution in [0.3, 0.4) is 0 Å². The first-order chi connectivity index (χ1) is 7.81. The molecule has 0 aromatic carbocycles. The molecule has 0 spiro atoms. The monoisotopic (exact) mass is 231 g/mol. The Morgan fingerprint density at radius 1 is 0.938 bits per heavy atom. The smallest absolute Gasteiger partial charge is 0.330 e. The normalized spacial score (nSPS) is 10.1. The molecule has 0 atom stereocenters. The highest BCUT2D eigenvalue weighted by atomic mass is 16.6. The van der Waals surface area contributed by atoms with Crippen molar-refractivity contribution in [2.45, 2.75) is 0 Å². The Balaban J connectivity index is 2.98. The van der Waals surface area contributed by atoms with Crippen LogP contribution in [-0.4, -0.2) is 52.2 Å². The summed E-state index contributed by atoms with van der Waals surface area (Å²) >= 11 is 0. The fraction of sp³-hybridized carbons (Fsp3) is 0.636. The number of carbonyl (C=O) groups excluding carboxylic acids is 1. The molecular weight excluding hydrogens is 212 g/mol. The lowest BCUT2D eigenvalue weighted by Gasteiger charge is -2.06. The van der Waals surface area contributed by atoms with Crippen molar-refractivity contribution in [1.82, 2.24) is 0 Å². The number of hydrogen-bond donors (Lipinski definition) is 0. The number of hydrogen-bond acceptors (Lipinski definition) is 5. The zero-order chi connectivity index (χ0) is 12.1. The average molecular weight is 231 g/mol. The van der Waals surface area contributed by atoms with Gasteiger partial charge in [0.2, 0.25) is 0 Å². The molecule has 0 saturated carbocycles. The number of rotatable bonds is 11. The molecule has 0 bridgehead atoms. The summed E-state index contributed by atoms with van der Waals surface area (Å²) in [6.07, 6.45) is 1.12. The average Bonchev–Trinajstić information content (AvgIpc) is 2.31. The molecular formula is C11H19O5. The Labute approximate surface area is 96.3 Å². The fourth-order valence-corrected chi connectivity index (χ4v) is 0.802. The van der Waals surface area contributed by atoms with Crippen molar-refractivity contribution in [3.05, 3.63) is 19.6 Å². The Morgan fingerprint density at radius 2 is 1.44 bits per heavy atom. The van der Waals surface area contributed by atoms with Gasteiger partial charge in [0.15, 0.2) is 0 Å². The molecule has 0 aromatic heterocycles. The summed E-state index contributed by atoms with van der Waals surface area (Å²) in [7, 11) is 0. The first kappa shape index (κ1) is 15.1. The molecule has 0 aromatic rings. The maximum Gasteiger partial charge on any atom is 0.330 e. The molecule has 0 aliphatic carbocycles. The van der Waals surface area contributed by atoms with Gasteiger partial charge >= 0.3 is 5.97 Å². The molecule has 0 aliphatic rings. The summed E-state index contributed by atoms with van der Waals surface area (Å²) in [4.78, 5) is 10.6. The first-order valence-corrected chi connectivity index (χ1v) is 5.13. The van der Waals surface area contributed by atoms with E-state index < -0.39 is 5.97 Å². The van der Waals surface area contributed by atoms with Crippen molar-refractivity contribution >= 4 is 5.97 Å². The van der Waals surface area contributed by atoms with Crippen molar-refractivity contribution in [2.75, 3.05) is 46.2 Å². The Morgan fingerprint density at radius 3 is 1.94 bits per heavy atom. The molecule has 1 radical (unpaired) electrons. The van der Waals surface area contributed by atoms with Crippen LogP contribution in [0.5, 0.6) is 0 Å². The molecule has 16 heavy (non-hydrogen) atoms. The molecule has 0 N–H and O–H groups in total. The Hall–Kier alpha value is -0.910. The lowest BCUT2D eigenvalue weighted by molar-refractivity contribution is -0.139. The van der Waals surface area contributed by atoms with E-state index in [1.807, 2.05) is 0 Å². The van der Waals surface area contributed by atoms with E-state index in [0.717, 1.165) is 6.08 Å². The summed E-state index contributed by atoms with van der Waals surface area (Å²) in [6, 6.07) is 0. The van der Waals surface area contributed by atoms with Crippen LogP contribution in [-0.2, 0) is 23.7 Å². The lowest BCUT2D eigenvalue weighted by atomic mass is 10.6. The standard InChI is InChI=1S/C11H19O5/c1-3-11(12)16-10-9-15-8-7-14-6-5-13-4-2/h3H,1-2,4-10H2. The van der Waals surface area contributed by atoms with Gasteiger partial charge in [-0.05, 0) is 6.92 Å². The second-order valence-electron chi connectivity index (χ2n) is 2.71. The third kappa shape index (κ3) is 11.2. The third-order valence-electron chi connectivity index (χ3n) is 1.53. The van der Waals surface area contributed by atoms with E-state index >= 15 is 0 Å². The summed E-state index contributed by atoms with van der Waals surface area (Å²) in [5.41, 5.74) is 0. The molecule has 0 saturated heterocycles. The highest BCUT2D eigenvalue weighted by Crippen LogP contribution is 1.83. The molecule has 0 amide bonds. The molecule has 0 aliphatic heterocycles. The zero-order valence-corrected chi connectivity index (χ0v) is 9.48. The lowest BCUT2D eigenvalue weighted by Crippen LogP contribution is -2.13. The van der Waals surface area contributed by atoms with Crippen molar-refractivity contribution < 1.29 is 23.7 Å². The van der Waals surface area contributed by atoms with Gasteiger partial charge in [0, 0.05) is 12.7 Å². The van der Waals surface area contributed by atoms with E-state index in [9.17, 15) is 4.79 Å². The Bertz CT molecular complexity index is 181. The zero-order valence-electron chi connectivity index (χ0n) is 9.48. The summed E-state index contributed by atoms with van der Waals surface area (Å²) in [5.74, 6) is -0.440. The van der Waals surface area contributed by atoms with Crippen LogP contribution < -0.4 is 0 Å². The minimum absolute atomic E-state index is 0.232. The van der Waals surface area contributed by atoms with E-state index in [-0.39, 0.29) is 6.61 Å². The van der Waals surface area contributed by atoms with E-state index in [0.29, 0.717) is 39.6 Å². The van der Waals surface area contributed by atoms with Crippen LogP contribution >= 0.6 is 0 Å². The van der Waals surface area contributed by atoms with Crippen LogP contribution in [0.4, 0.5) is 0 Å². The molecule has 5 nitrogen and oxygen atoms in total. The molecule has 0 heterocycles. The van der Waals surface area contributed by atoms with Crippen LogP contribution in [0.1, 0.15) is 0 Å². The minimum atomic E-state index is -0.440. The SMILES string of the molecule is [CH2]COCCOCCOCCOC(=O)C=C. The quantitative estimate of drug-likeness (QED) is 0.296. The van der Waals surface area contributed by atoms with Gasteiger partial charge in [-0.1, -0.05) is 6.58 Å². The second-order valence-corrected chi connectivity index (χ2v) is 2.71. The van der Waals surface area contributed by atoms with E-state index in [1.54, 1.807) is 0 Å². The maximum atomic E-state index is 10.6. The molecule has 93 valence electrons. The molecule has 0 unspecified atom stereocenters. The number of ether oxygens (including phenoxy) is 4. The van der Waals surface area contributed by atoms with Gasteiger partial charge in [-0.3, -0.25) is 0 Å². The highest BCUT2D eigenvalue weighted by Gasteiger charge is 1.95. The van der Waals surface area contributed by atoms with Crippen LogP contribution in [0.2, 0.25) is 0 Å². The predicted molar refractivity (Wildman–Crippen MR) is 59.0 cm³/mol. The Kier molecular flexibility index (Phi) is 11.5. The fourth-order valence-electron chi connectivity index (χ4n) is 0.802. The van der Waals surface area contributed by atoms with Gasteiger partial charge in [0.05, 0.1) is 33.0 Å². The minimum Gasteiger partial charge on any atom is -0.460 e. The second kappa shape index (κ2) is 12.2. The van der Waals surface area contributed by atoms with Crippen LogP contribution in [0.25, 0.3) is 0 Å². The van der Waals surface area contributed by atoms with Crippen LogP contribution in [0, 0.1) is 6.92 Å². The van der Waals surface area contributed by atoms with Crippen molar-refractivity contribution in [1.29, 1.82) is 0 Å². The van der Waals surface area contributed by atoms with E-state index in [4.69, 9.17) is 18.9 Å². The largest absolute Gasteiger partial charge is 0.460 e. The van der Waals surface area contributed by atoms with Gasteiger partial charge in [0.25, 0.3) is 0 Å². The molecule has 5 heteroatoms. The summed E-state index contributed by atoms with van der Waals surface area (Å²) in [5, 5.41) is 0. The summed E-state index contributed by atoms with van der Waals surface area (Å²) < 4.78 is 20.0. The van der Waals surface area contributed by atoms with Crippen molar-refractivity contribution in [2.24, 2.45) is 0 Å². The number of esters is 1. The topological polar surface area (TPSA) is 54.0 Å². The van der Waals surface area contributed by atoms with Gasteiger partial charge < -0.3 is 18.9 Å². The van der Waals surface area contributed by atoms with Gasteiger partial charge in [-0.2, -0.15) is 0 Å². The predicted octanol–water partition coefficient (Wildman–Crippen LogP) is 0.599. The van der Waals surface area contributed by atoms with E-state index in [1.165, 1.54) is 0 Å². The van der Waals surface area contributed by atoms with Gasteiger partial charge in [0.1, 0.15) is 6.61 Å². The van der Waals surface area contributed by atoms with Gasteiger partial charge in [-0.25, -0.2) is 4.79 Å². The number of carbonyl (C=O) groups is 1. The maximum absolute atomic E-state index is 10.6. The van der Waals surface area contributed by atoms with E-state index in [2.05, 4.69) is 13.5 Å². The third-order valence-corrected chi connectivity index (χ3v) is 1.53. The highest BCUT2D eigenvalue weighted by molar-refractivity contribution is 5.81. The first-order valence-electron chi connectivity index (χ1n) is 5.13. The van der Waals surface area contributed by atoms with Crippen LogP contribution in [0.15, 0.2) is 12.7 Å². The molecule has 0 fully saturated rings.